The number of carbonyl (C=O) groups is 1. The van der Waals surface area contributed by atoms with Crippen molar-refractivity contribution in [2.45, 2.75) is 40.2 Å². The number of benzene rings is 1. The van der Waals surface area contributed by atoms with Gasteiger partial charge in [0.05, 0.1) is 7.11 Å². The van der Waals surface area contributed by atoms with Crippen molar-refractivity contribution in [3.8, 4) is 5.75 Å². The number of carbonyl (C=O) groups excluding carboxylic acids is 1. The number of ether oxygens (including phenoxy) is 1. The van der Waals surface area contributed by atoms with E-state index in [1.807, 2.05) is 0 Å². The van der Waals surface area contributed by atoms with E-state index in [2.05, 4.69) is 31.3 Å². The average Bonchev–Trinajstić information content (AvgIpc) is 2.32. The Morgan fingerprint density at radius 3 is 2.61 bits per heavy atom. The maximum absolute atomic E-state index is 10.8. The van der Waals surface area contributed by atoms with Crippen LogP contribution in [0, 0.1) is 13.8 Å². The minimum absolute atomic E-state index is 0.258. The molecule has 0 saturated heterocycles. The number of ketones is 1. The third-order valence-electron chi connectivity index (χ3n) is 3.05. The fourth-order valence-corrected chi connectivity index (χ4v) is 1.95. The first-order chi connectivity index (χ1) is 8.54. The standard InChI is InChI=1S/C15H23NO2/c1-11-9-15(18-4)12(2)8-14(11)10-16-7-5-6-13(3)17/h8-9,16H,5-7,10H2,1-4H3. The van der Waals surface area contributed by atoms with Gasteiger partial charge < -0.3 is 14.8 Å². The van der Waals surface area contributed by atoms with Crippen LogP contribution >= 0.6 is 0 Å². The van der Waals surface area contributed by atoms with E-state index in [9.17, 15) is 4.79 Å². The van der Waals surface area contributed by atoms with Gasteiger partial charge in [-0.05, 0) is 56.5 Å². The summed E-state index contributed by atoms with van der Waals surface area (Å²) in [6.07, 6.45) is 1.57. The van der Waals surface area contributed by atoms with Crippen molar-refractivity contribution in [3.63, 3.8) is 0 Å². The summed E-state index contributed by atoms with van der Waals surface area (Å²) >= 11 is 0. The number of nitrogens with one attached hydrogen (secondary N) is 1. The Hall–Kier alpha value is -1.35. The number of hydrogen-bond donors (Lipinski definition) is 1. The fraction of sp³-hybridized carbons (Fsp3) is 0.533. The number of Topliss-reactive ketones (excluding diaryl/α,β-unsaturated/α-hetero) is 1. The van der Waals surface area contributed by atoms with Gasteiger partial charge >= 0.3 is 0 Å². The lowest BCUT2D eigenvalue weighted by Gasteiger charge is -2.12. The highest BCUT2D eigenvalue weighted by Crippen LogP contribution is 2.22. The van der Waals surface area contributed by atoms with Crippen molar-refractivity contribution < 1.29 is 9.53 Å². The van der Waals surface area contributed by atoms with E-state index in [0.29, 0.717) is 6.42 Å². The molecule has 0 spiro atoms. The van der Waals surface area contributed by atoms with Crippen LogP contribution in [0.2, 0.25) is 0 Å². The zero-order valence-corrected chi connectivity index (χ0v) is 11.8. The highest BCUT2D eigenvalue weighted by Gasteiger charge is 2.04. The minimum atomic E-state index is 0.258. The highest BCUT2D eigenvalue weighted by molar-refractivity contribution is 5.75. The zero-order chi connectivity index (χ0) is 13.5. The molecule has 0 fully saturated rings. The third-order valence-corrected chi connectivity index (χ3v) is 3.05. The SMILES string of the molecule is COc1cc(C)c(CNCCCC(C)=O)cc1C. The van der Waals surface area contributed by atoms with Gasteiger partial charge in [-0.25, -0.2) is 0 Å². The second-order valence-corrected chi connectivity index (χ2v) is 4.73. The maximum Gasteiger partial charge on any atom is 0.129 e. The van der Waals surface area contributed by atoms with Crippen LogP contribution in [0.15, 0.2) is 12.1 Å². The van der Waals surface area contributed by atoms with Gasteiger partial charge in [-0.2, -0.15) is 0 Å². The first kappa shape index (κ1) is 14.7. The Morgan fingerprint density at radius 2 is 2.00 bits per heavy atom. The summed E-state index contributed by atoms with van der Waals surface area (Å²) in [6, 6.07) is 4.23. The second-order valence-electron chi connectivity index (χ2n) is 4.73. The van der Waals surface area contributed by atoms with Crippen molar-refractivity contribution in [1.29, 1.82) is 0 Å². The molecule has 0 bridgehead atoms. The molecule has 0 atom stereocenters. The molecular weight excluding hydrogens is 226 g/mol. The molecule has 1 rings (SSSR count). The number of methoxy groups -OCH3 is 1. The lowest BCUT2D eigenvalue weighted by molar-refractivity contribution is -0.117. The summed E-state index contributed by atoms with van der Waals surface area (Å²) < 4.78 is 5.29. The van der Waals surface area contributed by atoms with E-state index >= 15 is 0 Å². The Kier molecular flexibility index (Phi) is 5.86. The third kappa shape index (κ3) is 4.49. The Bertz CT molecular complexity index is 413. The van der Waals surface area contributed by atoms with E-state index in [1.54, 1.807) is 14.0 Å². The molecule has 0 aliphatic carbocycles. The molecule has 18 heavy (non-hydrogen) atoms. The molecule has 0 unspecified atom stereocenters. The molecule has 1 aromatic rings. The smallest absolute Gasteiger partial charge is 0.129 e. The van der Waals surface area contributed by atoms with Gasteiger partial charge in [0.1, 0.15) is 11.5 Å². The molecular formula is C15H23NO2. The first-order valence-electron chi connectivity index (χ1n) is 6.39. The van der Waals surface area contributed by atoms with Crippen LogP contribution in [0.1, 0.15) is 36.5 Å². The summed E-state index contributed by atoms with van der Waals surface area (Å²) in [6.45, 7) is 7.50. The summed E-state index contributed by atoms with van der Waals surface area (Å²) in [7, 11) is 1.70. The van der Waals surface area contributed by atoms with Gasteiger partial charge in [0.15, 0.2) is 0 Å². The van der Waals surface area contributed by atoms with Gasteiger partial charge in [0.25, 0.3) is 0 Å². The summed E-state index contributed by atoms with van der Waals surface area (Å²) in [5.41, 5.74) is 3.68. The first-order valence-corrected chi connectivity index (χ1v) is 6.39. The maximum atomic E-state index is 10.8. The van der Waals surface area contributed by atoms with E-state index in [1.165, 1.54) is 11.1 Å². The van der Waals surface area contributed by atoms with E-state index in [4.69, 9.17) is 4.74 Å². The molecule has 1 aromatic carbocycles. The predicted octanol–water partition coefficient (Wildman–Crippen LogP) is 2.77. The molecule has 1 N–H and O–H groups in total. The second kappa shape index (κ2) is 7.17. The summed E-state index contributed by atoms with van der Waals surface area (Å²) in [5, 5.41) is 3.37. The van der Waals surface area contributed by atoms with Crippen molar-refractivity contribution in [1.82, 2.24) is 5.32 Å². The van der Waals surface area contributed by atoms with Crippen LogP contribution in [0.3, 0.4) is 0 Å². The molecule has 3 heteroatoms. The van der Waals surface area contributed by atoms with Crippen LogP contribution in [0.25, 0.3) is 0 Å². The molecule has 0 saturated carbocycles. The minimum Gasteiger partial charge on any atom is -0.496 e. The van der Waals surface area contributed by atoms with E-state index < -0.39 is 0 Å². The van der Waals surface area contributed by atoms with Crippen LogP contribution in [0.4, 0.5) is 0 Å². The van der Waals surface area contributed by atoms with E-state index in [0.717, 1.165) is 30.8 Å². The van der Waals surface area contributed by atoms with Crippen LogP contribution < -0.4 is 10.1 Å². The fourth-order valence-electron chi connectivity index (χ4n) is 1.95. The quantitative estimate of drug-likeness (QED) is 0.755. The van der Waals surface area contributed by atoms with Gasteiger partial charge in [-0.3, -0.25) is 0 Å². The molecule has 3 nitrogen and oxygen atoms in total. The van der Waals surface area contributed by atoms with Crippen molar-refractivity contribution in [2.24, 2.45) is 0 Å². The molecule has 0 aromatic heterocycles. The average molecular weight is 249 g/mol. The number of hydrogen-bond acceptors (Lipinski definition) is 3. The summed E-state index contributed by atoms with van der Waals surface area (Å²) in [5.74, 6) is 1.20. The van der Waals surface area contributed by atoms with Gasteiger partial charge in [-0.15, -0.1) is 0 Å². The predicted molar refractivity (Wildman–Crippen MR) is 74.1 cm³/mol. The molecule has 0 radical (unpaired) electrons. The number of aryl methyl sites for hydroxylation is 2. The van der Waals surface area contributed by atoms with Crippen LogP contribution in [0.5, 0.6) is 5.75 Å². The van der Waals surface area contributed by atoms with Crippen molar-refractivity contribution in [3.05, 3.63) is 28.8 Å². The Morgan fingerprint density at radius 1 is 1.28 bits per heavy atom. The zero-order valence-electron chi connectivity index (χ0n) is 11.8. The lowest BCUT2D eigenvalue weighted by atomic mass is 10.0. The summed E-state index contributed by atoms with van der Waals surface area (Å²) in [4.78, 5) is 10.8. The largest absolute Gasteiger partial charge is 0.496 e. The Balaban J connectivity index is 2.47. The van der Waals surface area contributed by atoms with E-state index in [-0.39, 0.29) is 5.78 Å². The highest BCUT2D eigenvalue weighted by atomic mass is 16.5. The molecule has 0 aliphatic rings. The van der Waals surface area contributed by atoms with Gasteiger partial charge in [0, 0.05) is 13.0 Å². The van der Waals surface area contributed by atoms with Crippen molar-refractivity contribution in [2.75, 3.05) is 13.7 Å². The monoisotopic (exact) mass is 249 g/mol. The van der Waals surface area contributed by atoms with Crippen molar-refractivity contribution >= 4 is 5.78 Å². The topological polar surface area (TPSA) is 38.3 Å². The molecule has 100 valence electrons. The normalized spacial score (nSPS) is 10.4. The Labute approximate surface area is 110 Å². The molecule has 0 heterocycles. The molecule has 0 aliphatic heterocycles. The molecule has 0 amide bonds. The van der Waals surface area contributed by atoms with Crippen LogP contribution in [-0.4, -0.2) is 19.4 Å². The lowest BCUT2D eigenvalue weighted by Crippen LogP contribution is -2.16. The number of rotatable bonds is 7. The van der Waals surface area contributed by atoms with Crippen LogP contribution in [-0.2, 0) is 11.3 Å². The van der Waals surface area contributed by atoms with Gasteiger partial charge in [0.2, 0.25) is 0 Å². The van der Waals surface area contributed by atoms with Gasteiger partial charge in [-0.1, -0.05) is 6.07 Å².